The van der Waals surface area contributed by atoms with Crippen molar-refractivity contribution in [2.45, 2.75) is 64.2 Å². The first kappa shape index (κ1) is 31.9. The Kier molecular flexibility index (Phi) is 9.39. The average molecular weight is 596 g/mol. The molecule has 2 aliphatic heterocycles. The van der Waals surface area contributed by atoms with Crippen LogP contribution in [0.15, 0.2) is 109 Å². The summed E-state index contributed by atoms with van der Waals surface area (Å²) < 4.78 is 2.33. The average Bonchev–Trinajstić information content (AvgIpc) is 3.35. The van der Waals surface area contributed by atoms with Gasteiger partial charge in [-0.1, -0.05) is 106 Å². The van der Waals surface area contributed by atoms with E-state index in [1.54, 1.807) is 0 Å². The molecule has 45 heavy (non-hydrogen) atoms. The fourth-order valence-electron chi connectivity index (χ4n) is 7.33. The second kappa shape index (κ2) is 13.2. The minimum Gasteiger partial charge on any atom is -0.344 e. The number of carbonyl (C=O) groups excluding carboxylic acids is 1. The summed E-state index contributed by atoms with van der Waals surface area (Å²) in [5.41, 5.74) is 7.49. The zero-order chi connectivity index (χ0) is 32.2. The maximum Gasteiger partial charge on any atom is 0.210 e. The smallest absolute Gasteiger partial charge is 0.210 e. The Morgan fingerprint density at radius 1 is 0.822 bits per heavy atom. The minimum absolute atomic E-state index is 0.0922. The first-order valence-corrected chi connectivity index (χ1v) is 16.2. The molecule has 3 heteroatoms. The lowest BCUT2D eigenvalue weighted by Gasteiger charge is -2.27. The van der Waals surface area contributed by atoms with Crippen molar-refractivity contribution in [1.82, 2.24) is 0 Å². The predicted molar refractivity (Wildman–Crippen MR) is 194 cm³/mol. The molecular formula is C42H47N2O+. The standard InChI is InChI=1S/C42H47N2O/c1-8-20-33-31(2)25-27-36-39(33)42(5,6)38(44(36)29-18-12-13-19-30-45)24-15-11-9-10-14-23-37-41(3,4)40-34-22-17-16-21-32(34)26-28-35(40)43(37)7/h8-11,14-17,20-28,30H,1-2,12-13,18-19,29H2,3-7H3/q+1/b33-20+. The van der Waals surface area contributed by atoms with Crippen LogP contribution in [-0.4, -0.2) is 30.2 Å². The molecule has 3 aromatic rings. The van der Waals surface area contributed by atoms with Gasteiger partial charge < -0.3 is 9.69 Å². The molecule has 0 atom stereocenters. The van der Waals surface area contributed by atoms with E-state index in [1.807, 2.05) is 6.08 Å². The summed E-state index contributed by atoms with van der Waals surface area (Å²) in [7, 11) is 2.17. The highest BCUT2D eigenvalue weighted by Gasteiger charge is 2.44. The van der Waals surface area contributed by atoms with E-state index in [4.69, 9.17) is 0 Å². The lowest BCUT2D eigenvalue weighted by Crippen LogP contribution is -2.33. The van der Waals surface area contributed by atoms with Gasteiger partial charge in [-0.05, 0) is 71.7 Å². The summed E-state index contributed by atoms with van der Waals surface area (Å²) in [6.07, 6.45) is 23.7. The lowest BCUT2D eigenvalue weighted by atomic mass is 9.79. The van der Waals surface area contributed by atoms with Crippen molar-refractivity contribution >= 4 is 46.8 Å². The van der Waals surface area contributed by atoms with Crippen LogP contribution in [0.2, 0.25) is 0 Å². The quantitative estimate of drug-likeness (QED) is 0.0963. The molecule has 2 heterocycles. The fraction of sp³-hybridized carbons (Fsp3) is 0.286. The van der Waals surface area contributed by atoms with Crippen LogP contribution in [0.3, 0.4) is 0 Å². The summed E-state index contributed by atoms with van der Waals surface area (Å²) in [5.74, 6) is 0. The van der Waals surface area contributed by atoms with Crippen molar-refractivity contribution in [1.29, 1.82) is 0 Å². The van der Waals surface area contributed by atoms with Crippen LogP contribution in [-0.2, 0) is 15.6 Å². The highest BCUT2D eigenvalue weighted by Crippen LogP contribution is 2.46. The van der Waals surface area contributed by atoms with E-state index >= 15 is 0 Å². The van der Waals surface area contributed by atoms with E-state index in [1.165, 1.54) is 44.7 Å². The molecule has 0 aliphatic carbocycles. The molecule has 0 unspecified atom stereocenters. The van der Waals surface area contributed by atoms with Gasteiger partial charge in [0.05, 0.1) is 5.41 Å². The van der Waals surface area contributed by atoms with Crippen molar-refractivity contribution in [2.75, 3.05) is 18.5 Å². The fourth-order valence-corrected chi connectivity index (χ4v) is 7.33. The predicted octanol–water partition coefficient (Wildman–Crippen LogP) is 8.33. The lowest BCUT2D eigenvalue weighted by molar-refractivity contribution is -0.401. The molecule has 2 aliphatic rings. The number of fused-ring (bicyclic) bond motifs is 4. The monoisotopic (exact) mass is 595 g/mol. The Hall–Kier alpha value is -4.50. The van der Waals surface area contributed by atoms with Gasteiger partial charge in [0.15, 0.2) is 5.71 Å². The second-order valence-corrected chi connectivity index (χ2v) is 13.2. The van der Waals surface area contributed by atoms with E-state index in [0.717, 1.165) is 42.5 Å². The molecule has 0 radical (unpaired) electrons. The van der Waals surface area contributed by atoms with Gasteiger partial charge in [0.2, 0.25) is 5.69 Å². The van der Waals surface area contributed by atoms with Crippen LogP contribution in [0.1, 0.15) is 64.5 Å². The number of allylic oxidation sites excluding steroid dienone is 9. The number of unbranched alkanes of at least 4 members (excludes halogenated alkanes) is 3. The molecule has 0 aromatic heterocycles. The molecule has 3 aromatic carbocycles. The normalized spacial score (nSPS) is 18.3. The Morgan fingerprint density at radius 3 is 2.36 bits per heavy atom. The van der Waals surface area contributed by atoms with E-state index in [9.17, 15) is 4.79 Å². The van der Waals surface area contributed by atoms with Gasteiger partial charge in [0.25, 0.3) is 0 Å². The van der Waals surface area contributed by atoms with Crippen molar-refractivity contribution < 1.29 is 9.37 Å². The number of carbonyl (C=O) groups is 1. The number of hydrogen-bond donors (Lipinski definition) is 0. The minimum atomic E-state index is -0.191. The molecule has 0 spiro atoms. The van der Waals surface area contributed by atoms with Crippen LogP contribution in [0.4, 0.5) is 11.4 Å². The summed E-state index contributed by atoms with van der Waals surface area (Å²) >= 11 is 0. The van der Waals surface area contributed by atoms with Gasteiger partial charge in [-0.2, -0.15) is 4.58 Å². The zero-order valence-electron chi connectivity index (χ0n) is 27.6. The zero-order valence-corrected chi connectivity index (χ0v) is 27.6. The van der Waals surface area contributed by atoms with Crippen molar-refractivity contribution in [3.63, 3.8) is 0 Å². The third-order valence-electron chi connectivity index (χ3n) is 9.50. The topological polar surface area (TPSA) is 23.3 Å². The molecule has 0 fully saturated rings. The SMILES string of the molecule is C=C/C=c1/c2c(ccc1=C)N(CCCCCC=O)\C(=C/C=C/C=C/C=C/C1=[N+](C)c3ccc4ccccc4c3C1(C)C)C2(C)C. The third kappa shape index (κ3) is 5.96. The largest absolute Gasteiger partial charge is 0.344 e. The number of aldehydes is 1. The number of anilines is 1. The first-order valence-electron chi connectivity index (χ1n) is 16.2. The summed E-state index contributed by atoms with van der Waals surface area (Å²) in [6.45, 7) is 18.4. The number of benzene rings is 3. The Bertz CT molecular complexity index is 1890. The van der Waals surface area contributed by atoms with E-state index in [0.29, 0.717) is 6.42 Å². The molecule has 0 bridgehead atoms. The summed E-state index contributed by atoms with van der Waals surface area (Å²) in [6, 6.07) is 17.5. The van der Waals surface area contributed by atoms with E-state index in [-0.39, 0.29) is 10.8 Å². The van der Waals surface area contributed by atoms with Crippen LogP contribution in [0.25, 0.3) is 23.4 Å². The summed E-state index contributed by atoms with van der Waals surface area (Å²) in [4.78, 5) is 13.3. The molecule has 5 rings (SSSR count). The summed E-state index contributed by atoms with van der Waals surface area (Å²) in [5, 5.41) is 4.79. The number of nitrogens with zero attached hydrogens (tertiary/aromatic N) is 2. The second-order valence-electron chi connectivity index (χ2n) is 13.2. The molecule has 0 amide bonds. The Labute approximate surface area is 269 Å². The number of hydrogen-bond acceptors (Lipinski definition) is 2. The molecule has 0 saturated carbocycles. The van der Waals surface area contributed by atoms with Crippen molar-refractivity contribution in [3.05, 3.63) is 131 Å². The van der Waals surface area contributed by atoms with Gasteiger partial charge in [-0.3, -0.25) is 0 Å². The molecular weight excluding hydrogens is 548 g/mol. The van der Waals surface area contributed by atoms with Gasteiger partial charge in [0, 0.05) is 47.5 Å². The van der Waals surface area contributed by atoms with Gasteiger partial charge in [0.1, 0.15) is 13.3 Å². The molecule has 3 nitrogen and oxygen atoms in total. The van der Waals surface area contributed by atoms with E-state index < -0.39 is 0 Å². The van der Waals surface area contributed by atoms with Crippen molar-refractivity contribution in [2.24, 2.45) is 0 Å². The van der Waals surface area contributed by atoms with Crippen LogP contribution in [0, 0.1) is 0 Å². The highest BCUT2D eigenvalue weighted by molar-refractivity contribution is 6.07. The Balaban J connectivity index is 1.37. The highest BCUT2D eigenvalue weighted by atomic mass is 16.1. The maximum atomic E-state index is 10.8. The van der Waals surface area contributed by atoms with Crippen LogP contribution in [0.5, 0.6) is 0 Å². The Morgan fingerprint density at radius 2 is 1.58 bits per heavy atom. The molecule has 0 N–H and O–H groups in total. The molecule has 230 valence electrons. The van der Waals surface area contributed by atoms with Crippen molar-refractivity contribution in [3.8, 4) is 0 Å². The van der Waals surface area contributed by atoms with Crippen LogP contribution >= 0.6 is 0 Å². The molecule has 0 saturated heterocycles. The van der Waals surface area contributed by atoms with Gasteiger partial charge in [-0.15, -0.1) is 0 Å². The van der Waals surface area contributed by atoms with Gasteiger partial charge in [-0.25, -0.2) is 0 Å². The maximum absolute atomic E-state index is 10.8. The number of rotatable bonds is 11. The third-order valence-corrected chi connectivity index (χ3v) is 9.50. The van der Waals surface area contributed by atoms with E-state index in [2.05, 4.69) is 155 Å². The van der Waals surface area contributed by atoms with Gasteiger partial charge >= 0.3 is 0 Å². The first-order chi connectivity index (χ1) is 21.6. The van der Waals surface area contributed by atoms with Crippen LogP contribution < -0.4 is 15.3 Å².